The van der Waals surface area contributed by atoms with Crippen molar-refractivity contribution in [3.63, 3.8) is 0 Å². The third kappa shape index (κ3) is 1.55. The van der Waals surface area contributed by atoms with E-state index in [9.17, 15) is 0 Å². The van der Waals surface area contributed by atoms with E-state index in [1.807, 2.05) is 0 Å². The van der Waals surface area contributed by atoms with Crippen LogP contribution in [0.5, 0.6) is 5.75 Å². The van der Waals surface area contributed by atoms with Crippen molar-refractivity contribution in [1.82, 2.24) is 5.32 Å². The van der Waals surface area contributed by atoms with Gasteiger partial charge in [0.25, 0.3) is 0 Å². The number of aryl methyl sites for hydroxylation is 1. The van der Waals surface area contributed by atoms with E-state index in [-0.39, 0.29) is 0 Å². The Morgan fingerprint density at radius 2 is 2.38 bits per heavy atom. The number of nitrogens with zero attached hydrogens (tertiary/aromatic N) is 1. The summed E-state index contributed by atoms with van der Waals surface area (Å²) in [5.41, 5.74) is 2.86. The zero-order chi connectivity index (χ0) is 11.0. The van der Waals surface area contributed by atoms with Crippen molar-refractivity contribution >= 4 is 5.69 Å². The van der Waals surface area contributed by atoms with Gasteiger partial charge < -0.3 is 15.0 Å². The summed E-state index contributed by atoms with van der Waals surface area (Å²) in [6, 6.07) is 7.15. The summed E-state index contributed by atoms with van der Waals surface area (Å²) in [7, 11) is 1.74. The first-order valence-electron chi connectivity index (χ1n) is 6.03. The Morgan fingerprint density at radius 1 is 1.44 bits per heavy atom. The summed E-state index contributed by atoms with van der Waals surface area (Å²) in [5, 5.41) is 3.47. The van der Waals surface area contributed by atoms with Crippen LogP contribution in [0.2, 0.25) is 0 Å². The summed E-state index contributed by atoms with van der Waals surface area (Å²) in [5.74, 6) is 0.970. The van der Waals surface area contributed by atoms with Gasteiger partial charge in [-0.2, -0.15) is 0 Å². The number of rotatable bonds is 1. The Labute approximate surface area is 96.4 Å². The van der Waals surface area contributed by atoms with Gasteiger partial charge in [0.2, 0.25) is 0 Å². The number of hydrogen-bond donors (Lipinski definition) is 1. The van der Waals surface area contributed by atoms with Gasteiger partial charge in [0.05, 0.1) is 7.11 Å². The maximum absolute atomic E-state index is 5.32. The largest absolute Gasteiger partial charge is 0.497 e. The van der Waals surface area contributed by atoms with Gasteiger partial charge in [0, 0.05) is 37.4 Å². The average Bonchev–Trinajstić information content (AvgIpc) is 2.38. The molecule has 0 radical (unpaired) electrons. The van der Waals surface area contributed by atoms with Crippen LogP contribution in [0.3, 0.4) is 0 Å². The van der Waals surface area contributed by atoms with Crippen LogP contribution in [-0.4, -0.2) is 32.8 Å². The summed E-state index contributed by atoms with van der Waals surface area (Å²) < 4.78 is 5.32. The monoisotopic (exact) mass is 218 g/mol. The van der Waals surface area contributed by atoms with E-state index in [0.29, 0.717) is 6.04 Å². The number of fused-ring (bicyclic) bond motifs is 3. The van der Waals surface area contributed by atoms with E-state index in [2.05, 4.69) is 28.4 Å². The second-order valence-corrected chi connectivity index (χ2v) is 4.58. The van der Waals surface area contributed by atoms with E-state index in [1.54, 1.807) is 7.11 Å². The van der Waals surface area contributed by atoms with Gasteiger partial charge in [-0.05, 0) is 24.5 Å². The number of hydrogen-bond acceptors (Lipinski definition) is 3. The fourth-order valence-electron chi connectivity index (χ4n) is 2.81. The predicted molar refractivity (Wildman–Crippen MR) is 65.3 cm³/mol. The molecule has 0 saturated carbocycles. The molecule has 1 atom stereocenters. The molecule has 1 saturated heterocycles. The molecule has 3 heteroatoms. The smallest absolute Gasteiger partial charge is 0.120 e. The molecule has 1 N–H and O–H groups in total. The lowest BCUT2D eigenvalue weighted by atomic mass is 9.94. The first-order valence-corrected chi connectivity index (χ1v) is 6.03. The molecule has 0 spiro atoms. The van der Waals surface area contributed by atoms with E-state index < -0.39 is 0 Å². The summed E-state index contributed by atoms with van der Waals surface area (Å²) in [4.78, 5) is 2.54. The maximum atomic E-state index is 5.32. The molecule has 1 aromatic rings. The molecule has 2 aliphatic rings. The number of piperazine rings is 1. The fraction of sp³-hybridized carbons (Fsp3) is 0.538. The topological polar surface area (TPSA) is 24.5 Å². The van der Waals surface area contributed by atoms with Crippen molar-refractivity contribution in [2.45, 2.75) is 18.9 Å². The minimum Gasteiger partial charge on any atom is -0.497 e. The third-order valence-corrected chi connectivity index (χ3v) is 3.70. The molecule has 86 valence electrons. The summed E-state index contributed by atoms with van der Waals surface area (Å²) in [6.45, 7) is 3.33. The SMILES string of the molecule is COc1ccc2c(c1)N1CCNC[C@@H]1CC2. The van der Waals surface area contributed by atoms with Gasteiger partial charge in [-0.15, -0.1) is 0 Å². The van der Waals surface area contributed by atoms with Gasteiger partial charge >= 0.3 is 0 Å². The molecule has 2 aliphatic heterocycles. The van der Waals surface area contributed by atoms with Crippen molar-refractivity contribution in [3.05, 3.63) is 23.8 Å². The van der Waals surface area contributed by atoms with Crippen LogP contribution in [0.4, 0.5) is 5.69 Å². The highest BCUT2D eigenvalue weighted by Crippen LogP contribution is 2.34. The standard InChI is InChI=1S/C13H18N2O/c1-16-12-5-3-10-2-4-11-9-14-6-7-15(11)13(10)8-12/h3,5,8,11,14H,2,4,6-7,9H2,1H3/t11-/m0/s1. The van der Waals surface area contributed by atoms with Crippen molar-refractivity contribution in [3.8, 4) is 5.75 Å². The normalized spacial score (nSPS) is 23.6. The fourth-order valence-corrected chi connectivity index (χ4v) is 2.81. The molecular formula is C13H18N2O. The summed E-state index contributed by atoms with van der Waals surface area (Å²) >= 11 is 0. The van der Waals surface area contributed by atoms with Gasteiger partial charge in [0.1, 0.15) is 5.75 Å². The Bertz CT molecular complexity index is 392. The lowest BCUT2D eigenvalue weighted by Gasteiger charge is -2.42. The minimum absolute atomic E-state index is 0.674. The summed E-state index contributed by atoms with van der Waals surface area (Å²) in [6.07, 6.45) is 2.47. The zero-order valence-corrected chi connectivity index (χ0v) is 9.70. The Kier molecular flexibility index (Phi) is 2.48. The molecule has 0 amide bonds. The van der Waals surface area contributed by atoms with Crippen LogP contribution in [0.15, 0.2) is 18.2 Å². The van der Waals surface area contributed by atoms with Crippen molar-refractivity contribution in [2.24, 2.45) is 0 Å². The van der Waals surface area contributed by atoms with Crippen molar-refractivity contribution < 1.29 is 4.74 Å². The van der Waals surface area contributed by atoms with Crippen LogP contribution < -0.4 is 15.0 Å². The number of anilines is 1. The second kappa shape index (κ2) is 3.98. The molecule has 3 nitrogen and oxygen atoms in total. The van der Waals surface area contributed by atoms with E-state index in [4.69, 9.17) is 4.74 Å². The molecule has 16 heavy (non-hydrogen) atoms. The van der Waals surface area contributed by atoms with Gasteiger partial charge in [0.15, 0.2) is 0 Å². The quantitative estimate of drug-likeness (QED) is 0.771. The average molecular weight is 218 g/mol. The van der Waals surface area contributed by atoms with Crippen LogP contribution in [0.25, 0.3) is 0 Å². The minimum atomic E-state index is 0.674. The molecule has 3 rings (SSSR count). The lowest BCUT2D eigenvalue weighted by molar-refractivity contribution is 0.410. The molecule has 0 unspecified atom stereocenters. The second-order valence-electron chi connectivity index (χ2n) is 4.58. The first kappa shape index (κ1) is 9.97. The van der Waals surface area contributed by atoms with Gasteiger partial charge in [-0.25, -0.2) is 0 Å². The van der Waals surface area contributed by atoms with Crippen molar-refractivity contribution in [1.29, 1.82) is 0 Å². The number of nitrogens with one attached hydrogen (secondary N) is 1. The number of ether oxygens (including phenoxy) is 1. The Balaban J connectivity index is 1.98. The highest BCUT2D eigenvalue weighted by molar-refractivity contribution is 5.60. The Hall–Kier alpha value is -1.22. The van der Waals surface area contributed by atoms with Crippen LogP contribution in [-0.2, 0) is 6.42 Å². The predicted octanol–water partition coefficient (Wildman–Crippen LogP) is 1.42. The van der Waals surface area contributed by atoms with Crippen LogP contribution >= 0.6 is 0 Å². The van der Waals surface area contributed by atoms with Gasteiger partial charge in [-0.3, -0.25) is 0 Å². The van der Waals surface area contributed by atoms with Crippen LogP contribution in [0.1, 0.15) is 12.0 Å². The molecule has 0 bridgehead atoms. The molecule has 1 aromatic carbocycles. The molecular weight excluding hydrogens is 200 g/mol. The van der Waals surface area contributed by atoms with E-state index in [0.717, 1.165) is 25.4 Å². The highest BCUT2D eigenvalue weighted by Gasteiger charge is 2.28. The lowest BCUT2D eigenvalue weighted by Crippen LogP contribution is -2.53. The van der Waals surface area contributed by atoms with E-state index >= 15 is 0 Å². The van der Waals surface area contributed by atoms with Gasteiger partial charge in [-0.1, -0.05) is 6.07 Å². The first-order chi connectivity index (χ1) is 7.88. The van der Waals surface area contributed by atoms with E-state index in [1.165, 1.54) is 24.1 Å². The van der Waals surface area contributed by atoms with Crippen molar-refractivity contribution in [2.75, 3.05) is 31.6 Å². The number of benzene rings is 1. The highest BCUT2D eigenvalue weighted by atomic mass is 16.5. The third-order valence-electron chi connectivity index (χ3n) is 3.70. The van der Waals surface area contributed by atoms with Crippen LogP contribution in [0, 0.1) is 0 Å². The molecule has 0 aromatic heterocycles. The zero-order valence-electron chi connectivity index (χ0n) is 9.70. The molecule has 0 aliphatic carbocycles. The Morgan fingerprint density at radius 3 is 3.25 bits per heavy atom. The number of methoxy groups -OCH3 is 1. The molecule has 1 fully saturated rings. The molecule has 2 heterocycles. The maximum Gasteiger partial charge on any atom is 0.120 e.